The molecule has 0 atom stereocenters. The van der Waals surface area contributed by atoms with Crippen LogP contribution >= 0.6 is 0 Å². The minimum atomic E-state index is -0.831. The summed E-state index contributed by atoms with van der Waals surface area (Å²) in [6, 6.07) is 4.58. The first-order valence-electron chi connectivity index (χ1n) is 9.02. The van der Waals surface area contributed by atoms with Crippen LogP contribution in [0.5, 0.6) is 11.5 Å². The van der Waals surface area contributed by atoms with Crippen LogP contribution in [0.15, 0.2) is 30.0 Å². The zero-order chi connectivity index (χ0) is 23.2. The van der Waals surface area contributed by atoms with Gasteiger partial charge >= 0.3 is 23.9 Å². The van der Waals surface area contributed by atoms with Crippen molar-refractivity contribution in [2.24, 2.45) is 0 Å². The lowest BCUT2D eigenvalue weighted by atomic mass is 10.2. The fourth-order valence-corrected chi connectivity index (χ4v) is 2.10. The maximum Gasteiger partial charge on any atom is 0.354 e. The molecule has 0 amide bonds. The van der Waals surface area contributed by atoms with Crippen LogP contribution in [-0.2, 0) is 38.1 Å². The fourth-order valence-electron chi connectivity index (χ4n) is 2.10. The molecule has 0 aliphatic heterocycles. The van der Waals surface area contributed by atoms with Gasteiger partial charge in [-0.05, 0) is 12.1 Å². The third kappa shape index (κ3) is 9.07. The van der Waals surface area contributed by atoms with Crippen LogP contribution < -0.4 is 14.8 Å². The van der Waals surface area contributed by atoms with Crippen LogP contribution in [0, 0.1) is 0 Å². The Balaban J connectivity index is 3.12. The van der Waals surface area contributed by atoms with Gasteiger partial charge in [-0.25, -0.2) is 9.59 Å². The highest BCUT2D eigenvalue weighted by Crippen LogP contribution is 2.31. The van der Waals surface area contributed by atoms with Crippen molar-refractivity contribution in [3.05, 3.63) is 30.0 Å². The SMILES string of the molecule is COC(=O)/C=C(/Nc1cc(OCCC(=O)OC)ccc1OCCC(=O)OC)C(=O)OC. The first kappa shape index (κ1) is 25.3. The number of hydrogen-bond acceptors (Lipinski definition) is 11. The molecule has 1 aromatic carbocycles. The Morgan fingerprint density at radius 3 is 2.00 bits per heavy atom. The number of benzene rings is 1. The van der Waals surface area contributed by atoms with E-state index in [0.717, 1.165) is 20.3 Å². The van der Waals surface area contributed by atoms with Gasteiger partial charge in [0.25, 0.3) is 0 Å². The second kappa shape index (κ2) is 13.5. The molecule has 0 spiro atoms. The van der Waals surface area contributed by atoms with E-state index in [4.69, 9.17) is 9.47 Å². The Hall–Kier alpha value is -3.76. The van der Waals surface area contributed by atoms with Crippen molar-refractivity contribution in [2.75, 3.05) is 47.0 Å². The summed E-state index contributed by atoms with van der Waals surface area (Å²) in [5.74, 6) is -1.92. The van der Waals surface area contributed by atoms with Crippen molar-refractivity contribution >= 4 is 29.6 Å². The van der Waals surface area contributed by atoms with Gasteiger partial charge in [0.15, 0.2) is 0 Å². The number of nitrogens with one attached hydrogen (secondary N) is 1. The second-order valence-corrected chi connectivity index (χ2v) is 5.70. The summed E-state index contributed by atoms with van der Waals surface area (Å²) < 4.78 is 29.4. The zero-order valence-electron chi connectivity index (χ0n) is 17.7. The van der Waals surface area contributed by atoms with Crippen LogP contribution in [0.4, 0.5) is 5.69 Å². The van der Waals surface area contributed by atoms with Crippen LogP contribution in [0.1, 0.15) is 12.8 Å². The van der Waals surface area contributed by atoms with Crippen molar-refractivity contribution in [1.29, 1.82) is 0 Å². The topological polar surface area (TPSA) is 136 Å². The molecule has 0 heterocycles. The van der Waals surface area contributed by atoms with Gasteiger partial charge in [-0.3, -0.25) is 9.59 Å². The van der Waals surface area contributed by atoms with Crippen LogP contribution in [0.2, 0.25) is 0 Å². The van der Waals surface area contributed by atoms with Gasteiger partial charge in [0.05, 0.1) is 66.3 Å². The largest absolute Gasteiger partial charge is 0.493 e. The van der Waals surface area contributed by atoms with Gasteiger partial charge in [0.2, 0.25) is 0 Å². The monoisotopic (exact) mass is 439 g/mol. The van der Waals surface area contributed by atoms with Gasteiger partial charge in [-0.1, -0.05) is 0 Å². The maximum atomic E-state index is 12.0. The number of carbonyl (C=O) groups is 4. The van der Waals surface area contributed by atoms with Gasteiger partial charge in [-0.2, -0.15) is 0 Å². The molecule has 0 aliphatic rings. The molecule has 11 nitrogen and oxygen atoms in total. The molecule has 0 aliphatic carbocycles. The van der Waals surface area contributed by atoms with Crippen LogP contribution in [-0.4, -0.2) is 65.5 Å². The van der Waals surface area contributed by atoms with Crippen LogP contribution in [0.25, 0.3) is 0 Å². The van der Waals surface area contributed by atoms with E-state index in [1.54, 1.807) is 6.07 Å². The molecule has 0 bridgehead atoms. The highest BCUT2D eigenvalue weighted by atomic mass is 16.5. The highest BCUT2D eigenvalue weighted by molar-refractivity contribution is 5.99. The predicted molar refractivity (Wildman–Crippen MR) is 106 cm³/mol. The van der Waals surface area contributed by atoms with E-state index in [-0.39, 0.29) is 43.2 Å². The summed E-state index contributed by atoms with van der Waals surface area (Å²) in [6.45, 7) is 0.0503. The normalized spacial score (nSPS) is 10.5. The van der Waals surface area contributed by atoms with E-state index in [2.05, 4.69) is 24.3 Å². The van der Waals surface area contributed by atoms with E-state index in [0.29, 0.717) is 5.75 Å². The van der Waals surface area contributed by atoms with E-state index in [1.807, 2.05) is 0 Å². The van der Waals surface area contributed by atoms with E-state index in [9.17, 15) is 19.2 Å². The Morgan fingerprint density at radius 2 is 1.45 bits per heavy atom. The Kier molecular flexibility index (Phi) is 11.0. The molecule has 31 heavy (non-hydrogen) atoms. The first-order chi connectivity index (χ1) is 14.8. The van der Waals surface area contributed by atoms with E-state index < -0.39 is 23.9 Å². The maximum absolute atomic E-state index is 12.0. The summed E-state index contributed by atoms with van der Waals surface area (Å²) in [6.07, 6.45) is 0.941. The van der Waals surface area contributed by atoms with Crippen molar-refractivity contribution in [3.8, 4) is 11.5 Å². The number of esters is 4. The second-order valence-electron chi connectivity index (χ2n) is 5.70. The summed E-state index contributed by atoms with van der Waals surface area (Å²) in [7, 11) is 4.84. The number of hydrogen-bond donors (Lipinski definition) is 1. The third-order valence-electron chi connectivity index (χ3n) is 3.68. The van der Waals surface area contributed by atoms with Crippen molar-refractivity contribution in [2.45, 2.75) is 12.8 Å². The van der Waals surface area contributed by atoms with Crippen molar-refractivity contribution in [3.63, 3.8) is 0 Å². The number of methoxy groups -OCH3 is 4. The van der Waals surface area contributed by atoms with Gasteiger partial charge in [0, 0.05) is 6.07 Å². The molecule has 170 valence electrons. The Labute approximate surface area is 179 Å². The standard InChI is InChI=1S/C20H25NO10/c1-26-17(22)7-9-30-13-5-6-16(31-10-8-18(23)27-2)14(11-13)21-15(20(25)29-4)12-19(24)28-3/h5-6,11-12,21H,7-10H2,1-4H3/b15-12+. The number of carbonyl (C=O) groups excluding carboxylic acids is 4. The number of rotatable bonds is 12. The van der Waals surface area contributed by atoms with Crippen molar-refractivity contribution in [1.82, 2.24) is 0 Å². The predicted octanol–water partition coefficient (Wildman–Crippen LogP) is 1.21. The average molecular weight is 439 g/mol. The number of anilines is 1. The fraction of sp³-hybridized carbons (Fsp3) is 0.400. The summed E-state index contributed by atoms with van der Waals surface area (Å²) in [5.41, 5.74) is 0.0138. The van der Waals surface area contributed by atoms with E-state index in [1.165, 1.54) is 26.4 Å². The van der Waals surface area contributed by atoms with Gasteiger partial charge in [-0.15, -0.1) is 0 Å². The highest BCUT2D eigenvalue weighted by Gasteiger charge is 2.16. The first-order valence-corrected chi connectivity index (χ1v) is 9.02. The molecule has 1 aromatic rings. The molecule has 1 N–H and O–H groups in total. The molecular weight excluding hydrogens is 414 g/mol. The van der Waals surface area contributed by atoms with Gasteiger partial charge < -0.3 is 33.7 Å². The summed E-state index contributed by atoms with van der Waals surface area (Å²) >= 11 is 0. The molecule has 0 aromatic heterocycles. The molecule has 0 unspecified atom stereocenters. The third-order valence-corrected chi connectivity index (χ3v) is 3.68. The lowest BCUT2D eigenvalue weighted by Gasteiger charge is -2.16. The summed E-state index contributed by atoms with van der Waals surface area (Å²) in [5, 5.41) is 2.74. The smallest absolute Gasteiger partial charge is 0.354 e. The number of ether oxygens (including phenoxy) is 6. The lowest BCUT2D eigenvalue weighted by molar-refractivity contribution is -0.142. The minimum absolute atomic E-state index is 0.00181. The molecule has 0 fully saturated rings. The van der Waals surface area contributed by atoms with Crippen LogP contribution in [0.3, 0.4) is 0 Å². The van der Waals surface area contributed by atoms with E-state index >= 15 is 0 Å². The molecule has 1 rings (SSSR count). The zero-order valence-corrected chi connectivity index (χ0v) is 17.7. The molecular formula is C20H25NO10. The Morgan fingerprint density at radius 1 is 0.839 bits per heavy atom. The average Bonchev–Trinajstić information content (AvgIpc) is 2.78. The Bertz CT molecular complexity index is 818. The quantitative estimate of drug-likeness (QED) is 0.286. The van der Waals surface area contributed by atoms with Crippen molar-refractivity contribution < 1.29 is 47.6 Å². The lowest BCUT2D eigenvalue weighted by Crippen LogP contribution is -2.16. The summed E-state index contributed by atoms with van der Waals surface area (Å²) in [4.78, 5) is 46.2. The minimum Gasteiger partial charge on any atom is -0.493 e. The molecule has 11 heteroatoms. The molecule has 0 radical (unpaired) electrons. The molecule has 0 saturated heterocycles. The van der Waals surface area contributed by atoms with Gasteiger partial charge in [0.1, 0.15) is 17.2 Å². The molecule has 0 saturated carbocycles.